The largest absolute Gasteiger partial charge is 0.508 e. The Hall–Kier alpha value is -1.32. The molecule has 2 unspecified atom stereocenters. The van der Waals surface area contributed by atoms with Gasteiger partial charge in [0.25, 0.3) is 0 Å². The third-order valence-electron chi connectivity index (χ3n) is 4.26. The predicted molar refractivity (Wildman–Crippen MR) is 89.5 cm³/mol. The summed E-state index contributed by atoms with van der Waals surface area (Å²) in [6, 6.07) is 14.8. The lowest BCUT2D eigenvalue weighted by molar-refractivity contribution is 0.411. The van der Waals surface area contributed by atoms with Crippen LogP contribution in [0.5, 0.6) is 5.75 Å². The number of phenols is 1. The fourth-order valence-corrected chi connectivity index (χ4v) is 3.37. The van der Waals surface area contributed by atoms with Crippen LogP contribution in [0.15, 0.2) is 46.9 Å². The van der Waals surface area contributed by atoms with Gasteiger partial charge in [-0.2, -0.15) is 0 Å². The summed E-state index contributed by atoms with van der Waals surface area (Å²) in [4.78, 5) is 0. The molecule has 0 saturated carbocycles. The van der Waals surface area contributed by atoms with Gasteiger partial charge in [-0.05, 0) is 67.1 Å². The van der Waals surface area contributed by atoms with E-state index in [1.807, 2.05) is 6.07 Å². The molecule has 0 amide bonds. The number of aromatic hydroxyl groups is 1. The van der Waals surface area contributed by atoms with Crippen molar-refractivity contribution in [2.45, 2.75) is 38.3 Å². The lowest BCUT2D eigenvalue weighted by Gasteiger charge is -2.29. The zero-order valence-corrected chi connectivity index (χ0v) is 13.7. The van der Waals surface area contributed by atoms with E-state index in [-0.39, 0.29) is 6.04 Å². The van der Waals surface area contributed by atoms with Crippen molar-refractivity contribution in [2.75, 3.05) is 0 Å². The second-order valence-electron chi connectivity index (χ2n) is 5.77. The quantitative estimate of drug-likeness (QED) is 0.830. The van der Waals surface area contributed by atoms with Crippen LogP contribution in [0.2, 0.25) is 0 Å². The van der Waals surface area contributed by atoms with Crippen molar-refractivity contribution < 1.29 is 5.11 Å². The molecule has 0 bridgehead atoms. The molecule has 1 aliphatic rings. The van der Waals surface area contributed by atoms with Crippen molar-refractivity contribution >= 4 is 15.9 Å². The molecule has 2 aromatic rings. The van der Waals surface area contributed by atoms with Crippen LogP contribution >= 0.6 is 15.9 Å². The van der Waals surface area contributed by atoms with E-state index < -0.39 is 0 Å². The van der Waals surface area contributed by atoms with E-state index in [0.717, 1.165) is 17.3 Å². The molecule has 0 aromatic heterocycles. The minimum absolute atomic E-state index is 0.288. The lowest BCUT2D eigenvalue weighted by Crippen LogP contribution is -2.27. The first-order chi connectivity index (χ1) is 10.1. The summed E-state index contributed by atoms with van der Waals surface area (Å²) in [6.45, 7) is 2.19. The molecule has 2 atom stereocenters. The molecular weight excluding hydrogens is 326 g/mol. The third kappa shape index (κ3) is 3.30. The van der Waals surface area contributed by atoms with E-state index in [1.165, 1.54) is 23.1 Å². The monoisotopic (exact) mass is 345 g/mol. The molecule has 110 valence electrons. The molecule has 0 radical (unpaired) electrons. The van der Waals surface area contributed by atoms with Gasteiger partial charge in [-0.25, -0.2) is 0 Å². The van der Waals surface area contributed by atoms with E-state index in [4.69, 9.17) is 0 Å². The van der Waals surface area contributed by atoms with Gasteiger partial charge in [-0.3, -0.25) is 0 Å². The zero-order chi connectivity index (χ0) is 14.8. The summed E-state index contributed by atoms with van der Waals surface area (Å²) in [5.74, 6) is 0.360. The molecule has 0 aliphatic heterocycles. The highest BCUT2D eigenvalue weighted by Gasteiger charge is 2.22. The van der Waals surface area contributed by atoms with Crippen LogP contribution in [0.3, 0.4) is 0 Å². The highest BCUT2D eigenvalue weighted by atomic mass is 79.9. The summed E-state index contributed by atoms with van der Waals surface area (Å²) in [5, 5.41) is 13.5. The number of rotatable bonds is 3. The smallest absolute Gasteiger partial charge is 0.115 e. The minimum atomic E-state index is 0.288. The summed E-state index contributed by atoms with van der Waals surface area (Å²) >= 11 is 3.47. The maximum absolute atomic E-state index is 9.75. The lowest BCUT2D eigenvalue weighted by atomic mass is 9.87. The fourth-order valence-electron chi connectivity index (χ4n) is 3.11. The number of fused-ring (bicyclic) bond motifs is 1. The van der Waals surface area contributed by atoms with E-state index in [1.54, 1.807) is 6.07 Å². The number of nitrogens with one attached hydrogen (secondary N) is 1. The van der Waals surface area contributed by atoms with E-state index in [9.17, 15) is 5.11 Å². The zero-order valence-electron chi connectivity index (χ0n) is 12.1. The summed E-state index contributed by atoms with van der Waals surface area (Å²) < 4.78 is 1.10. The predicted octanol–water partition coefficient (Wildman–Crippen LogP) is 4.88. The molecule has 0 saturated heterocycles. The SMILES string of the molecule is CC(NC1CCCc2ccc(O)cc21)c1ccc(Br)cc1. The average molecular weight is 346 g/mol. The van der Waals surface area contributed by atoms with Crippen LogP contribution < -0.4 is 5.32 Å². The summed E-state index contributed by atoms with van der Waals surface area (Å²) in [6.07, 6.45) is 3.43. The van der Waals surface area contributed by atoms with Gasteiger partial charge in [0.05, 0.1) is 0 Å². The van der Waals surface area contributed by atoms with E-state index in [2.05, 4.69) is 58.5 Å². The Labute approximate surface area is 134 Å². The number of aryl methyl sites for hydroxylation is 1. The van der Waals surface area contributed by atoms with Gasteiger partial charge < -0.3 is 10.4 Å². The van der Waals surface area contributed by atoms with Gasteiger partial charge in [-0.15, -0.1) is 0 Å². The van der Waals surface area contributed by atoms with Crippen LogP contribution in [0.25, 0.3) is 0 Å². The van der Waals surface area contributed by atoms with Crippen molar-refractivity contribution in [2.24, 2.45) is 0 Å². The Morgan fingerprint density at radius 2 is 1.95 bits per heavy atom. The number of hydrogen-bond donors (Lipinski definition) is 2. The molecule has 0 spiro atoms. The number of phenolic OH excluding ortho intramolecular Hbond substituents is 1. The number of hydrogen-bond acceptors (Lipinski definition) is 2. The Balaban J connectivity index is 1.80. The normalized spacial score (nSPS) is 19.0. The summed E-state index contributed by atoms with van der Waals surface area (Å²) in [7, 11) is 0. The molecule has 2 N–H and O–H groups in total. The van der Waals surface area contributed by atoms with Crippen LogP contribution in [0.1, 0.15) is 48.5 Å². The van der Waals surface area contributed by atoms with Crippen LogP contribution in [-0.2, 0) is 6.42 Å². The fraction of sp³-hybridized carbons (Fsp3) is 0.333. The van der Waals surface area contributed by atoms with Gasteiger partial charge >= 0.3 is 0 Å². The molecular formula is C18H20BrNO. The molecule has 2 aromatic carbocycles. The first-order valence-corrected chi connectivity index (χ1v) is 8.26. The van der Waals surface area contributed by atoms with Crippen molar-refractivity contribution in [1.82, 2.24) is 5.32 Å². The van der Waals surface area contributed by atoms with Crippen LogP contribution in [0, 0.1) is 0 Å². The molecule has 3 heteroatoms. The highest BCUT2D eigenvalue weighted by molar-refractivity contribution is 9.10. The molecule has 0 fully saturated rings. The number of benzene rings is 2. The third-order valence-corrected chi connectivity index (χ3v) is 4.79. The standard InChI is InChI=1S/C18H20BrNO/c1-12(13-5-8-15(19)9-6-13)20-18-4-2-3-14-7-10-16(21)11-17(14)18/h5-12,18,20-21H,2-4H2,1H3. The van der Waals surface area contributed by atoms with Crippen LogP contribution in [-0.4, -0.2) is 5.11 Å². The van der Waals surface area contributed by atoms with Crippen molar-refractivity contribution in [3.63, 3.8) is 0 Å². The highest BCUT2D eigenvalue weighted by Crippen LogP contribution is 2.33. The molecule has 3 rings (SSSR count). The molecule has 2 nitrogen and oxygen atoms in total. The Morgan fingerprint density at radius 1 is 1.19 bits per heavy atom. The van der Waals surface area contributed by atoms with Crippen molar-refractivity contribution in [3.05, 3.63) is 63.6 Å². The average Bonchev–Trinajstić information content (AvgIpc) is 2.48. The Kier molecular flexibility index (Phi) is 4.32. The van der Waals surface area contributed by atoms with Crippen molar-refractivity contribution in [3.8, 4) is 5.75 Å². The Morgan fingerprint density at radius 3 is 2.71 bits per heavy atom. The van der Waals surface area contributed by atoms with Gasteiger partial charge in [0.15, 0.2) is 0 Å². The molecule has 21 heavy (non-hydrogen) atoms. The molecule has 1 aliphatic carbocycles. The Bertz CT molecular complexity index is 624. The van der Waals surface area contributed by atoms with Gasteiger partial charge in [0.2, 0.25) is 0 Å². The van der Waals surface area contributed by atoms with Gasteiger partial charge in [-0.1, -0.05) is 34.1 Å². The maximum atomic E-state index is 9.75. The topological polar surface area (TPSA) is 32.3 Å². The summed E-state index contributed by atoms with van der Waals surface area (Å²) in [5.41, 5.74) is 3.90. The van der Waals surface area contributed by atoms with E-state index in [0.29, 0.717) is 11.8 Å². The number of halogens is 1. The van der Waals surface area contributed by atoms with Gasteiger partial charge in [0.1, 0.15) is 5.75 Å². The molecule has 0 heterocycles. The van der Waals surface area contributed by atoms with Crippen LogP contribution in [0.4, 0.5) is 0 Å². The first-order valence-electron chi connectivity index (χ1n) is 7.47. The van der Waals surface area contributed by atoms with Crippen molar-refractivity contribution in [1.29, 1.82) is 0 Å². The second kappa shape index (κ2) is 6.20. The first kappa shape index (κ1) is 14.6. The van der Waals surface area contributed by atoms with Gasteiger partial charge in [0, 0.05) is 16.6 Å². The second-order valence-corrected chi connectivity index (χ2v) is 6.68. The minimum Gasteiger partial charge on any atom is -0.508 e. The maximum Gasteiger partial charge on any atom is 0.115 e. The van der Waals surface area contributed by atoms with E-state index >= 15 is 0 Å².